The van der Waals surface area contributed by atoms with Crippen molar-refractivity contribution in [2.45, 2.75) is 6.54 Å². The number of aliphatic hydroxyl groups excluding tert-OH is 1. The second-order valence-corrected chi connectivity index (χ2v) is 3.69. The first-order valence-electron chi connectivity index (χ1n) is 5.49. The second kappa shape index (κ2) is 5.63. The third kappa shape index (κ3) is 2.86. The normalized spacial score (nSPS) is 9.63. The van der Waals surface area contributed by atoms with Crippen LogP contribution in [0.1, 0.15) is 0 Å². The van der Waals surface area contributed by atoms with Crippen molar-refractivity contribution in [1.82, 2.24) is 9.78 Å². The van der Waals surface area contributed by atoms with Gasteiger partial charge in [0.25, 0.3) is 0 Å². The van der Waals surface area contributed by atoms with Gasteiger partial charge in [-0.25, -0.2) is 0 Å². The highest BCUT2D eigenvalue weighted by Gasteiger charge is 2.02. The van der Waals surface area contributed by atoms with Crippen molar-refractivity contribution in [3.63, 3.8) is 0 Å². The van der Waals surface area contributed by atoms with Crippen molar-refractivity contribution in [2.75, 3.05) is 12.0 Å². The molecule has 94 valence electrons. The molecule has 0 fully saturated rings. The highest BCUT2D eigenvalue weighted by molar-refractivity contribution is 6.10. The molecule has 2 N–H and O–H groups in total. The molecule has 0 aliphatic heterocycles. The van der Waals surface area contributed by atoms with Gasteiger partial charge in [-0.05, 0) is 18.2 Å². The van der Waals surface area contributed by atoms with Crippen molar-refractivity contribution in [3.8, 4) is 12.1 Å². The number of hydrogen-bond donors (Lipinski definition) is 2. The van der Waals surface area contributed by atoms with E-state index in [4.69, 9.17) is 15.6 Å². The van der Waals surface area contributed by atoms with E-state index in [1.165, 1.54) is 0 Å². The zero-order valence-electron chi connectivity index (χ0n) is 9.91. The van der Waals surface area contributed by atoms with E-state index in [1.807, 2.05) is 0 Å². The number of nitrogens with zero attached hydrogens (tertiary/aromatic N) is 5. The maximum Gasteiger partial charge on any atom is 0.237 e. The van der Waals surface area contributed by atoms with Gasteiger partial charge in [0.2, 0.25) is 5.71 Å². The van der Waals surface area contributed by atoms with Crippen LogP contribution in [0.5, 0.6) is 0 Å². The molecule has 19 heavy (non-hydrogen) atoms. The number of fused-ring (bicyclic) bond motifs is 1. The molecule has 0 amide bonds. The Morgan fingerprint density at radius 2 is 2.21 bits per heavy atom. The number of nitriles is 2. The Morgan fingerprint density at radius 3 is 2.89 bits per heavy atom. The van der Waals surface area contributed by atoms with Gasteiger partial charge < -0.3 is 5.11 Å². The molecule has 0 bridgehead atoms. The van der Waals surface area contributed by atoms with E-state index >= 15 is 0 Å². The van der Waals surface area contributed by atoms with Gasteiger partial charge in [-0.2, -0.15) is 20.7 Å². The van der Waals surface area contributed by atoms with Crippen molar-refractivity contribution in [2.24, 2.45) is 5.10 Å². The lowest BCUT2D eigenvalue weighted by molar-refractivity contribution is 0.270. The van der Waals surface area contributed by atoms with Crippen LogP contribution >= 0.6 is 0 Å². The Balaban J connectivity index is 2.25. The van der Waals surface area contributed by atoms with Gasteiger partial charge in [-0.3, -0.25) is 10.1 Å². The molecular formula is C12H10N6O. The van der Waals surface area contributed by atoms with Gasteiger partial charge in [0.05, 0.1) is 24.4 Å². The monoisotopic (exact) mass is 254 g/mol. The molecule has 0 atom stereocenters. The lowest BCUT2D eigenvalue weighted by Gasteiger charge is -1.98. The number of rotatable bonds is 4. The Morgan fingerprint density at radius 1 is 1.42 bits per heavy atom. The highest BCUT2D eigenvalue weighted by Crippen LogP contribution is 2.17. The number of aromatic nitrogens is 2. The van der Waals surface area contributed by atoms with Crippen LogP contribution < -0.4 is 5.43 Å². The Labute approximate surface area is 109 Å². The molecule has 1 aromatic heterocycles. The van der Waals surface area contributed by atoms with E-state index in [0.29, 0.717) is 12.2 Å². The minimum absolute atomic E-state index is 0.0249. The van der Waals surface area contributed by atoms with Crippen molar-refractivity contribution in [1.29, 1.82) is 10.5 Å². The minimum atomic E-state index is -0.240. The van der Waals surface area contributed by atoms with Crippen LogP contribution in [0.25, 0.3) is 10.9 Å². The number of nitrogens with one attached hydrogen (secondary N) is 1. The van der Waals surface area contributed by atoms with E-state index in [-0.39, 0.29) is 12.3 Å². The van der Waals surface area contributed by atoms with Gasteiger partial charge in [0, 0.05) is 11.6 Å². The van der Waals surface area contributed by atoms with Crippen molar-refractivity contribution >= 4 is 22.3 Å². The largest absolute Gasteiger partial charge is 0.394 e. The fraction of sp³-hybridized carbons (Fsp3) is 0.167. The molecule has 0 unspecified atom stereocenters. The molecule has 1 aromatic carbocycles. The average molecular weight is 254 g/mol. The summed E-state index contributed by atoms with van der Waals surface area (Å²) in [4.78, 5) is 0. The van der Waals surface area contributed by atoms with Crippen LogP contribution in [0.15, 0.2) is 29.5 Å². The van der Waals surface area contributed by atoms with Crippen LogP contribution in [0.3, 0.4) is 0 Å². The summed E-state index contributed by atoms with van der Waals surface area (Å²) in [5.74, 6) is 0. The highest BCUT2D eigenvalue weighted by atomic mass is 16.3. The second-order valence-electron chi connectivity index (χ2n) is 3.69. The number of aliphatic hydroxyl groups is 1. The fourth-order valence-corrected chi connectivity index (χ4v) is 1.56. The summed E-state index contributed by atoms with van der Waals surface area (Å²) in [7, 11) is 0. The smallest absolute Gasteiger partial charge is 0.237 e. The molecule has 0 aliphatic rings. The Kier molecular flexibility index (Phi) is 3.72. The van der Waals surface area contributed by atoms with Crippen LogP contribution in [-0.2, 0) is 6.54 Å². The summed E-state index contributed by atoms with van der Waals surface area (Å²) in [5, 5.41) is 34.8. The van der Waals surface area contributed by atoms with Gasteiger partial charge in [0.15, 0.2) is 0 Å². The van der Waals surface area contributed by atoms with Crippen LogP contribution in [-0.4, -0.2) is 27.2 Å². The summed E-state index contributed by atoms with van der Waals surface area (Å²) < 4.78 is 1.65. The first-order valence-corrected chi connectivity index (χ1v) is 5.49. The van der Waals surface area contributed by atoms with E-state index in [1.54, 1.807) is 41.2 Å². The van der Waals surface area contributed by atoms with Crippen LogP contribution in [0, 0.1) is 22.7 Å². The average Bonchev–Trinajstić information content (AvgIpc) is 2.82. The minimum Gasteiger partial charge on any atom is -0.394 e. The molecule has 7 heteroatoms. The third-order valence-electron chi connectivity index (χ3n) is 2.39. The van der Waals surface area contributed by atoms with Crippen molar-refractivity contribution < 1.29 is 5.11 Å². The Bertz CT molecular complexity index is 687. The SMILES string of the molecule is N#CC(C#N)=NNc1ccc2nn(CCO)cc2c1. The number of hydrogen-bond acceptors (Lipinski definition) is 6. The van der Waals surface area contributed by atoms with E-state index < -0.39 is 0 Å². The predicted octanol–water partition coefficient (Wildman–Crippen LogP) is 0.844. The molecule has 2 aromatic rings. The fourth-order valence-electron chi connectivity index (χ4n) is 1.56. The topological polar surface area (TPSA) is 110 Å². The van der Waals surface area contributed by atoms with E-state index in [0.717, 1.165) is 10.9 Å². The first kappa shape index (κ1) is 12.6. The van der Waals surface area contributed by atoms with Gasteiger partial charge in [0.1, 0.15) is 12.1 Å². The molecule has 0 radical (unpaired) electrons. The lowest BCUT2D eigenvalue weighted by atomic mass is 10.2. The number of hydrazone groups is 1. The third-order valence-corrected chi connectivity index (χ3v) is 2.39. The van der Waals surface area contributed by atoms with E-state index in [9.17, 15) is 0 Å². The van der Waals surface area contributed by atoms with Crippen LogP contribution in [0.2, 0.25) is 0 Å². The predicted molar refractivity (Wildman–Crippen MR) is 69.1 cm³/mol. The molecule has 0 saturated heterocycles. The molecule has 2 rings (SSSR count). The summed E-state index contributed by atoms with van der Waals surface area (Å²) in [6, 6.07) is 8.66. The van der Waals surface area contributed by atoms with E-state index in [2.05, 4.69) is 15.6 Å². The lowest BCUT2D eigenvalue weighted by Crippen LogP contribution is -2.01. The first-order chi connectivity index (χ1) is 9.26. The van der Waals surface area contributed by atoms with Crippen molar-refractivity contribution in [3.05, 3.63) is 24.4 Å². The number of anilines is 1. The quantitative estimate of drug-likeness (QED) is 0.620. The summed E-state index contributed by atoms with van der Waals surface area (Å²) in [5.41, 5.74) is 3.84. The molecule has 7 nitrogen and oxygen atoms in total. The summed E-state index contributed by atoms with van der Waals surface area (Å²) in [6.07, 6.45) is 1.80. The molecule has 1 heterocycles. The summed E-state index contributed by atoms with van der Waals surface area (Å²) >= 11 is 0. The van der Waals surface area contributed by atoms with Gasteiger partial charge in [-0.15, -0.1) is 0 Å². The molecule has 0 saturated carbocycles. The molecule has 0 aliphatic carbocycles. The zero-order valence-corrected chi connectivity index (χ0v) is 9.91. The zero-order chi connectivity index (χ0) is 13.7. The molecule has 0 spiro atoms. The van der Waals surface area contributed by atoms with Gasteiger partial charge in [-0.1, -0.05) is 0 Å². The maximum atomic E-state index is 8.85. The standard InChI is InChI=1S/C12H10N6O/c13-6-11(7-14)16-15-10-1-2-12-9(5-10)8-18(17-12)3-4-19/h1-2,5,8,15,19H,3-4H2. The van der Waals surface area contributed by atoms with Crippen LogP contribution in [0.4, 0.5) is 5.69 Å². The Hall–Kier alpha value is -2.90. The number of benzene rings is 1. The molecular weight excluding hydrogens is 244 g/mol. The van der Waals surface area contributed by atoms with Gasteiger partial charge >= 0.3 is 0 Å². The summed E-state index contributed by atoms with van der Waals surface area (Å²) in [6.45, 7) is 0.458. The maximum absolute atomic E-state index is 8.85.